The molecule has 3 nitrogen and oxygen atoms in total. The van der Waals surface area contributed by atoms with Gasteiger partial charge in [0, 0.05) is 11.6 Å². The van der Waals surface area contributed by atoms with E-state index in [9.17, 15) is 4.79 Å². The highest BCUT2D eigenvalue weighted by Crippen LogP contribution is 2.29. The summed E-state index contributed by atoms with van der Waals surface area (Å²) in [5.41, 5.74) is 0.690. The largest absolute Gasteiger partial charge is 0.405 e. The number of aromatic nitrogens is 1. The van der Waals surface area contributed by atoms with E-state index in [1.165, 1.54) is 0 Å². The average Bonchev–Trinajstić information content (AvgIpc) is 2.81. The fourth-order valence-corrected chi connectivity index (χ4v) is 3.68. The van der Waals surface area contributed by atoms with Crippen molar-refractivity contribution in [2.45, 2.75) is 6.54 Å². The summed E-state index contributed by atoms with van der Waals surface area (Å²) in [6.07, 6.45) is 1.92. The van der Waals surface area contributed by atoms with E-state index in [0.29, 0.717) is 11.4 Å². The smallest absolute Gasteiger partial charge is 0.381 e. The molecule has 0 aliphatic carbocycles. The first-order valence-electron chi connectivity index (χ1n) is 9.94. The highest BCUT2D eigenvalue weighted by atomic mass is 16.5. The molecule has 1 heterocycles. The summed E-state index contributed by atoms with van der Waals surface area (Å²) in [5.74, 6) is 1.44. The SMILES string of the molecule is O=C(C[n+]1ccc2ccccc2c1Oc1ccc2ccccc2c1)c1ccccc1. The Morgan fingerprint density at radius 2 is 1.40 bits per heavy atom. The predicted molar refractivity (Wildman–Crippen MR) is 119 cm³/mol. The first kappa shape index (κ1) is 18.1. The van der Waals surface area contributed by atoms with E-state index in [1.807, 2.05) is 95.7 Å². The molecular weight excluding hydrogens is 370 g/mol. The van der Waals surface area contributed by atoms with Gasteiger partial charge in [0.05, 0.1) is 5.39 Å². The number of carbonyl (C=O) groups excluding carboxylic acids is 1. The van der Waals surface area contributed by atoms with Gasteiger partial charge >= 0.3 is 5.88 Å². The Kier molecular flexibility index (Phi) is 4.70. The Hall–Kier alpha value is -3.98. The predicted octanol–water partition coefficient (Wildman–Crippen LogP) is 5.96. The maximum atomic E-state index is 12.9. The number of Topliss-reactive ketones (excluding diaryl/α,β-unsaturated/α-hetero) is 1. The van der Waals surface area contributed by atoms with E-state index in [1.54, 1.807) is 0 Å². The van der Waals surface area contributed by atoms with E-state index < -0.39 is 0 Å². The molecule has 0 atom stereocenters. The maximum Gasteiger partial charge on any atom is 0.381 e. The Labute approximate surface area is 174 Å². The summed E-state index contributed by atoms with van der Waals surface area (Å²) in [6.45, 7) is 0.206. The lowest BCUT2D eigenvalue weighted by molar-refractivity contribution is -0.685. The maximum absolute atomic E-state index is 12.9. The molecule has 0 amide bonds. The van der Waals surface area contributed by atoms with Crippen LogP contribution in [0.15, 0.2) is 109 Å². The van der Waals surface area contributed by atoms with Gasteiger partial charge in [-0.15, -0.1) is 0 Å². The van der Waals surface area contributed by atoms with E-state index in [-0.39, 0.29) is 12.3 Å². The Bertz CT molecular complexity index is 1360. The molecule has 5 rings (SSSR count). The summed E-state index contributed by atoms with van der Waals surface area (Å²) in [6, 6.07) is 33.7. The first-order chi connectivity index (χ1) is 14.8. The second-order valence-electron chi connectivity index (χ2n) is 7.24. The molecule has 30 heavy (non-hydrogen) atoms. The molecule has 0 aliphatic heterocycles. The van der Waals surface area contributed by atoms with Crippen LogP contribution in [0.5, 0.6) is 11.6 Å². The number of hydrogen-bond acceptors (Lipinski definition) is 2. The van der Waals surface area contributed by atoms with Gasteiger partial charge in [0.2, 0.25) is 12.3 Å². The van der Waals surface area contributed by atoms with Crippen LogP contribution in [0.3, 0.4) is 0 Å². The molecule has 0 unspecified atom stereocenters. The first-order valence-corrected chi connectivity index (χ1v) is 9.94. The number of ether oxygens (including phenoxy) is 1. The van der Waals surface area contributed by atoms with Gasteiger partial charge in [-0.05, 0) is 34.4 Å². The zero-order valence-electron chi connectivity index (χ0n) is 16.4. The van der Waals surface area contributed by atoms with E-state index >= 15 is 0 Å². The fraction of sp³-hybridized carbons (Fsp3) is 0.0370. The second-order valence-corrected chi connectivity index (χ2v) is 7.24. The van der Waals surface area contributed by atoms with Crippen LogP contribution in [0.1, 0.15) is 10.4 Å². The number of ketones is 1. The zero-order valence-corrected chi connectivity index (χ0v) is 16.4. The van der Waals surface area contributed by atoms with E-state index in [0.717, 1.165) is 27.3 Å². The van der Waals surface area contributed by atoms with Crippen LogP contribution in [0, 0.1) is 0 Å². The monoisotopic (exact) mass is 390 g/mol. The number of carbonyl (C=O) groups is 1. The zero-order chi connectivity index (χ0) is 20.3. The van der Waals surface area contributed by atoms with Crippen LogP contribution in [0.25, 0.3) is 21.5 Å². The molecule has 0 spiro atoms. The van der Waals surface area contributed by atoms with Crippen molar-refractivity contribution in [3.63, 3.8) is 0 Å². The Morgan fingerprint density at radius 3 is 2.23 bits per heavy atom. The van der Waals surface area contributed by atoms with Crippen molar-refractivity contribution in [1.29, 1.82) is 0 Å². The van der Waals surface area contributed by atoms with Crippen LogP contribution in [-0.2, 0) is 6.54 Å². The van der Waals surface area contributed by atoms with Crippen molar-refractivity contribution in [2.75, 3.05) is 0 Å². The molecule has 5 aromatic rings. The lowest BCUT2D eigenvalue weighted by Crippen LogP contribution is -2.39. The standard InChI is InChI=1S/C27H20NO2/c29-26(22-10-2-1-3-11-22)19-28-17-16-21-9-6-7-13-25(21)27(28)30-24-15-14-20-8-4-5-12-23(20)18-24/h1-18H,19H2/q+1. The molecule has 0 saturated heterocycles. The number of nitrogens with zero attached hydrogens (tertiary/aromatic N) is 1. The summed E-state index contributed by atoms with van der Waals surface area (Å²) >= 11 is 0. The van der Waals surface area contributed by atoms with Gasteiger partial charge in [-0.25, -0.2) is 0 Å². The molecule has 0 fully saturated rings. The minimum absolute atomic E-state index is 0.0410. The van der Waals surface area contributed by atoms with E-state index in [4.69, 9.17) is 4.74 Å². The van der Waals surface area contributed by atoms with Gasteiger partial charge in [0.25, 0.3) is 0 Å². The summed E-state index contributed by atoms with van der Waals surface area (Å²) in [7, 11) is 0. The third-order valence-corrected chi connectivity index (χ3v) is 5.23. The second kappa shape index (κ2) is 7.80. The molecule has 0 radical (unpaired) electrons. The van der Waals surface area contributed by atoms with Crippen LogP contribution in [0.2, 0.25) is 0 Å². The number of pyridine rings is 1. The minimum atomic E-state index is 0.0410. The van der Waals surface area contributed by atoms with Gasteiger partial charge in [0.1, 0.15) is 5.75 Å². The topological polar surface area (TPSA) is 30.2 Å². The van der Waals surface area contributed by atoms with Crippen LogP contribution in [0.4, 0.5) is 0 Å². The molecule has 3 heteroatoms. The molecular formula is C27H20NO2+. The van der Waals surface area contributed by atoms with E-state index in [2.05, 4.69) is 18.2 Å². The molecule has 0 bridgehead atoms. The van der Waals surface area contributed by atoms with Crippen molar-refractivity contribution < 1.29 is 14.1 Å². The lowest BCUT2D eigenvalue weighted by atomic mass is 10.1. The summed E-state index contributed by atoms with van der Waals surface area (Å²) in [5, 5.41) is 4.31. The molecule has 1 aromatic heterocycles. The van der Waals surface area contributed by atoms with Gasteiger partial charge in [-0.2, -0.15) is 4.57 Å². The third kappa shape index (κ3) is 3.53. The van der Waals surface area contributed by atoms with Gasteiger partial charge in [-0.3, -0.25) is 4.79 Å². The van der Waals surface area contributed by atoms with Crippen molar-refractivity contribution in [2.24, 2.45) is 0 Å². The summed E-state index contributed by atoms with van der Waals surface area (Å²) in [4.78, 5) is 12.9. The van der Waals surface area contributed by atoms with Gasteiger partial charge in [0.15, 0.2) is 6.20 Å². The fourth-order valence-electron chi connectivity index (χ4n) is 3.68. The van der Waals surface area contributed by atoms with Gasteiger partial charge < -0.3 is 4.74 Å². The van der Waals surface area contributed by atoms with Crippen molar-refractivity contribution >= 4 is 27.3 Å². The molecule has 144 valence electrons. The molecule has 4 aromatic carbocycles. The minimum Gasteiger partial charge on any atom is -0.405 e. The normalized spacial score (nSPS) is 10.9. The van der Waals surface area contributed by atoms with Crippen molar-refractivity contribution in [1.82, 2.24) is 0 Å². The summed E-state index contributed by atoms with van der Waals surface area (Å²) < 4.78 is 8.26. The quantitative estimate of drug-likeness (QED) is 0.274. The highest BCUT2D eigenvalue weighted by Gasteiger charge is 2.21. The highest BCUT2D eigenvalue weighted by molar-refractivity contribution is 5.95. The van der Waals surface area contributed by atoms with Crippen LogP contribution in [-0.4, -0.2) is 5.78 Å². The number of rotatable bonds is 5. The van der Waals surface area contributed by atoms with Gasteiger partial charge in [-0.1, -0.05) is 78.9 Å². The number of fused-ring (bicyclic) bond motifs is 2. The Balaban J connectivity index is 1.57. The number of benzene rings is 4. The third-order valence-electron chi connectivity index (χ3n) is 5.23. The van der Waals surface area contributed by atoms with Crippen LogP contribution >= 0.6 is 0 Å². The average molecular weight is 390 g/mol. The van der Waals surface area contributed by atoms with Crippen LogP contribution < -0.4 is 9.30 Å². The number of hydrogen-bond donors (Lipinski definition) is 0. The van der Waals surface area contributed by atoms with Crippen molar-refractivity contribution in [3.05, 3.63) is 115 Å². The van der Waals surface area contributed by atoms with Crippen molar-refractivity contribution in [3.8, 4) is 11.6 Å². The molecule has 0 aliphatic rings. The lowest BCUT2D eigenvalue weighted by Gasteiger charge is -2.09. The molecule has 0 saturated carbocycles. The Morgan fingerprint density at radius 1 is 0.700 bits per heavy atom. The molecule has 0 N–H and O–H groups in total.